The van der Waals surface area contributed by atoms with Crippen molar-refractivity contribution in [2.45, 2.75) is 18.9 Å². The Hall–Kier alpha value is -2.20. The van der Waals surface area contributed by atoms with E-state index in [1.807, 2.05) is 24.3 Å². The summed E-state index contributed by atoms with van der Waals surface area (Å²) in [5.74, 6) is 0.340. The minimum absolute atomic E-state index is 0.0160. The molecule has 1 amide bonds. The largest absolute Gasteiger partial charge is 0.348 e. The summed E-state index contributed by atoms with van der Waals surface area (Å²) >= 11 is 0. The SMILES string of the molecule is O=C(N[C@H]1CN2CCC1CC2)c1cccc(-c2ccc(F)cc2)c1. The molecule has 4 heteroatoms. The van der Waals surface area contributed by atoms with Gasteiger partial charge in [-0.2, -0.15) is 0 Å². The molecule has 3 aliphatic heterocycles. The second-order valence-electron chi connectivity index (χ2n) is 6.81. The number of benzene rings is 2. The zero-order valence-corrected chi connectivity index (χ0v) is 13.5. The predicted octanol–water partition coefficient (Wildman–Crippen LogP) is 3.32. The van der Waals surface area contributed by atoms with E-state index in [1.54, 1.807) is 12.1 Å². The van der Waals surface area contributed by atoms with Gasteiger partial charge in [0.15, 0.2) is 0 Å². The van der Waals surface area contributed by atoms with Gasteiger partial charge < -0.3 is 10.2 Å². The fourth-order valence-corrected chi connectivity index (χ4v) is 3.86. The molecule has 1 atom stereocenters. The van der Waals surface area contributed by atoms with Crippen LogP contribution in [0.3, 0.4) is 0 Å². The molecule has 0 unspecified atom stereocenters. The summed E-state index contributed by atoms with van der Waals surface area (Å²) in [7, 11) is 0. The first-order chi connectivity index (χ1) is 11.7. The maximum absolute atomic E-state index is 13.1. The van der Waals surface area contributed by atoms with Crippen molar-refractivity contribution in [1.29, 1.82) is 0 Å². The van der Waals surface area contributed by atoms with Crippen molar-refractivity contribution >= 4 is 5.91 Å². The Labute approximate surface area is 141 Å². The number of halogens is 1. The maximum Gasteiger partial charge on any atom is 0.251 e. The van der Waals surface area contributed by atoms with E-state index in [-0.39, 0.29) is 17.8 Å². The molecule has 3 nitrogen and oxygen atoms in total. The molecular weight excluding hydrogens is 303 g/mol. The van der Waals surface area contributed by atoms with Crippen LogP contribution in [-0.4, -0.2) is 36.5 Å². The molecule has 0 aliphatic carbocycles. The quantitative estimate of drug-likeness (QED) is 0.939. The monoisotopic (exact) mass is 324 g/mol. The van der Waals surface area contributed by atoms with Crippen LogP contribution >= 0.6 is 0 Å². The van der Waals surface area contributed by atoms with E-state index >= 15 is 0 Å². The highest BCUT2D eigenvalue weighted by atomic mass is 19.1. The molecule has 1 N–H and O–H groups in total. The van der Waals surface area contributed by atoms with Gasteiger partial charge in [-0.1, -0.05) is 24.3 Å². The van der Waals surface area contributed by atoms with E-state index in [9.17, 15) is 9.18 Å². The van der Waals surface area contributed by atoms with Gasteiger partial charge in [0.05, 0.1) is 0 Å². The first-order valence-electron chi connectivity index (χ1n) is 8.58. The molecule has 2 aromatic carbocycles. The van der Waals surface area contributed by atoms with Crippen LogP contribution in [0.15, 0.2) is 48.5 Å². The van der Waals surface area contributed by atoms with E-state index in [0.717, 1.165) is 30.8 Å². The first-order valence-corrected chi connectivity index (χ1v) is 8.58. The average Bonchev–Trinajstić information content (AvgIpc) is 2.63. The third-order valence-corrected chi connectivity index (χ3v) is 5.27. The van der Waals surface area contributed by atoms with Crippen LogP contribution in [-0.2, 0) is 0 Å². The highest BCUT2D eigenvalue weighted by Gasteiger charge is 2.34. The zero-order chi connectivity index (χ0) is 16.5. The lowest BCUT2D eigenvalue weighted by Gasteiger charge is -2.44. The van der Waals surface area contributed by atoms with Crippen LogP contribution in [0.1, 0.15) is 23.2 Å². The van der Waals surface area contributed by atoms with E-state index in [1.165, 1.54) is 25.0 Å². The van der Waals surface area contributed by atoms with Gasteiger partial charge in [-0.3, -0.25) is 4.79 Å². The Kier molecular flexibility index (Phi) is 4.07. The fourth-order valence-electron chi connectivity index (χ4n) is 3.86. The number of fused-ring (bicyclic) bond motifs is 3. The third-order valence-electron chi connectivity index (χ3n) is 5.27. The van der Waals surface area contributed by atoms with Crippen molar-refractivity contribution in [3.05, 3.63) is 59.9 Å². The number of amides is 1. The van der Waals surface area contributed by atoms with Crippen molar-refractivity contribution in [3.63, 3.8) is 0 Å². The standard InChI is InChI=1S/C20H21FN2O/c21-18-6-4-14(5-7-18)16-2-1-3-17(12-16)20(24)22-19-13-23-10-8-15(19)9-11-23/h1-7,12,15,19H,8-11,13H2,(H,22,24)/t19-/m0/s1. The molecule has 0 radical (unpaired) electrons. The lowest BCUT2D eigenvalue weighted by atomic mass is 9.84. The number of hydrogen-bond acceptors (Lipinski definition) is 2. The Morgan fingerprint density at radius 2 is 1.79 bits per heavy atom. The molecule has 3 fully saturated rings. The van der Waals surface area contributed by atoms with Crippen molar-refractivity contribution in [3.8, 4) is 11.1 Å². The fraction of sp³-hybridized carbons (Fsp3) is 0.350. The molecule has 3 aliphatic rings. The van der Waals surface area contributed by atoms with Gasteiger partial charge in [0.2, 0.25) is 0 Å². The van der Waals surface area contributed by atoms with Gasteiger partial charge in [-0.15, -0.1) is 0 Å². The number of piperidine rings is 3. The summed E-state index contributed by atoms with van der Waals surface area (Å²) in [5, 5.41) is 3.21. The van der Waals surface area contributed by atoms with Gasteiger partial charge in [0.25, 0.3) is 5.91 Å². The van der Waals surface area contributed by atoms with E-state index in [4.69, 9.17) is 0 Å². The number of carbonyl (C=O) groups is 1. The summed E-state index contributed by atoms with van der Waals surface area (Å²) in [4.78, 5) is 15.1. The van der Waals surface area contributed by atoms with Crippen molar-refractivity contribution < 1.29 is 9.18 Å². The van der Waals surface area contributed by atoms with E-state index in [0.29, 0.717) is 11.5 Å². The summed E-state index contributed by atoms with van der Waals surface area (Å²) < 4.78 is 13.1. The Balaban J connectivity index is 1.50. The van der Waals surface area contributed by atoms with Crippen LogP contribution in [0.4, 0.5) is 4.39 Å². The van der Waals surface area contributed by atoms with Crippen molar-refractivity contribution in [2.24, 2.45) is 5.92 Å². The number of rotatable bonds is 3. The molecule has 0 aromatic heterocycles. The molecule has 0 saturated carbocycles. The molecule has 0 spiro atoms. The van der Waals surface area contributed by atoms with Gasteiger partial charge >= 0.3 is 0 Å². The van der Waals surface area contributed by atoms with Crippen molar-refractivity contribution in [2.75, 3.05) is 19.6 Å². The molecule has 3 heterocycles. The van der Waals surface area contributed by atoms with E-state index in [2.05, 4.69) is 10.2 Å². The topological polar surface area (TPSA) is 32.3 Å². The number of nitrogens with one attached hydrogen (secondary N) is 1. The number of nitrogens with zero attached hydrogens (tertiary/aromatic N) is 1. The second-order valence-corrected chi connectivity index (χ2v) is 6.81. The van der Waals surface area contributed by atoms with E-state index < -0.39 is 0 Å². The first kappa shape index (κ1) is 15.3. The highest BCUT2D eigenvalue weighted by Crippen LogP contribution is 2.28. The van der Waals surface area contributed by atoms with Crippen LogP contribution < -0.4 is 5.32 Å². The lowest BCUT2D eigenvalue weighted by Crippen LogP contribution is -2.57. The number of carbonyl (C=O) groups excluding carboxylic acids is 1. The Bertz CT molecular complexity index is 736. The smallest absolute Gasteiger partial charge is 0.251 e. The molecule has 2 aromatic rings. The molecule has 3 saturated heterocycles. The molecule has 24 heavy (non-hydrogen) atoms. The minimum Gasteiger partial charge on any atom is -0.348 e. The van der Waals surface area contributed by atoms with Crippen LogP contribution in [0.25, 0.3) is 11.1 Å². The summed E-state index contributed by atoms with van der Waals surface area (Å²) in [5.41, 5.74) is 2.50. The zero-order valence-electron chi connectivity index (χ0n) is 13.5. The Morgan fingerprint density at radius 3 is 2.46 bits per heavy atom. The molecule has 124 valence electrons. The molecular formula is C20H21FN2O. The van der Waals surface area contributed by atoms with Gasteiger partial charge in [-0.05, 0) is 67.2 Å². The summed E-state index contributed by atoms with van der Waals surface area (Å²) in [6, 6.07) is 14.1. The van der Waals surface area contributed by atoms with Crippen LogP contribution in [0, 0.1) is 11.7 Å². The molecule has 5 rings (SSSR count). The average molecular weight is 324 g/mol. The second kappa shape index (κ2) is 6.36. The lowest BCUT2D eigenvalue weighted by molar-refractivity contribution is 0.0620. The van der Waals surface area contributed by atoms with Crippen molar-refractivity contribution in [1.82, 2.24) is 10.2 Å². The number of hydrogen-bond donors (Lipinski definition) is 1. The van der Waals surface area contributed by atoms with Crippen LogP contribution in [0.5, 0.6) is 0 Å². The van der Waals surface area contributed by atoms with Gasteiger partial charge in [0.1, 0.15) is 5.82 Å². The summed E-state index contributed by atoms with van der Waals surface area (Å²) in [6.07, 6.45) is 2.36. The maximum atomic E-state index is 13.1. The highest BCUT2D eigenvalue weighted by molar-refractivity contribution is 5.95. The Morgan fingerprint density at radius 1 is 1.04 bits per heavy atom. The van der Waals surface area contributed by atoms with Gasteiger partial charge in [0, 0.05) is 18.2 Å². The predicted molar refractivity (Wildman–Crippen MR) is 92.3 cm³/mol. The minimum atomic E-state index is -0.255. The molecule has 2 bridgehead atoms. The van der Waals surface area contributed by atoms with Crippen LogP contribution in [0.2, 0.25) is 0 Å². The third kappa shape index (κ3) is 3.06. The van der Waals surface area contributed by atoms with Gasteiger partial charge in [-0.25, -0.2) is 4.39 Å². The normalized spacial score (nSPS) is 25.5. The summed E-state index contributed by atoms with van der Waals surface area (Å²) in [6.45, 7) is 3.29.